The van der Waals surface area contributed by atoms with E-state index in [9.17, 15) is 14.7 Å². The molecule has 118 valence electrons. The van der Waals surface area contributed by atoms with Gasteiger partial charge in [-0.25, -0.2) is 4.98 Å². The second-order valence-corrected chi connectivity index (χ2v) is 5.88. The Hall–Kier alpha value is -2.15. The van der Waals surface area contributed by atoms with E-state index in [0.29, 0.717) is 43.5 Å². The largest absolute Gasteiger partial charge is 0.480 e. The molecule has 1 unspecified atom stereocenters. The predicted octanol–water partition coefficient (Wildman–Crippen LogP) is 0.166. The lowest BCUT2D eigenvalue weighted by molar-refractivity contribution is -0.144. The van der Waals surface area contributed by atoms with Crippen LogP contribution in [0.1, 0.15) is 23.2 Å². The van der Waals surface area contributed by atoms with Crippen molar-refractivity contribution in [3.8, 4) is 0 Å². The smallest absolute Gasteiger partial charge is 0.321 e. The Morgan fingerprint density at radius 3 is 2.50 bits per heavy atom. The highest BCUT2D eigenvalue weighted by Gasteiger charge is 2.41. The van der Waals surface area contributed by atoms with Gasteiger partial charge in [-0.1, -0.05) is 0 Å². The van der Waals surface area contributed by atoms with E-state index in [2.05, 4.69) is 4.98 Å². The van der Waals surface area contributed by atoms with Crippen LogP contribution in [-0.4, -0.2) is 59.1 Å². The van der Waals surface area contributed by atoms with Crippen LogP contribution < -0.4 is 10.6 Å². The predicted molar refractivity (Wildman–Crippen MR) is 80.7 cm³/mol. The van der Waals surface area contributed by atoms with Crippen molar-refractivity contribution >= 4 is 17.7 Å². The minimum absolute atomic E-state index is 0.292. The zero-order valence-electron chi connectivity index (χ0n) is 12.3. The fourth-order valence-electron chi connectivity index (χ4n) is 3.12. The van der Waals surface area contributed by atoms with Gasteiger partial charge in [-0.2, -0.15) is 0 Å². The van der Waals surface area contributed by atoms with Crippen molar-refractivity contribution in [3.63, 3.8) is 0 Å². The Morgan fingerprint density at radius 1 is 1.27 bits per heavy atom. The minimum atomic E-state index is -0.730. The topological polar surface area (TPSA) is 99.8 Å². The molecule has 1 saturated carbocycles. The van der Waals surface area contributed by atoms with Crippen LogP contribution in [0.3, 0.4) is 0 Å². The molecular formula is C15H20N4O3. The van der Waals surface area contributed by atoms with E-state index >= 15 is 0 Å². The van der Waals surface area contributed by atoms with Crippen molar-refractivity contribution in [1.29, 1.82) is 0 Å². The van der Waals surface area contributed by atoms with Gasteiger partial charge in [0.2, 0.25) is 0 Å². The third-order valence-corrected chi connectivity index (χ3v) is 4.38. The number of amides is 1. The quantitative estimate of drug-likeness (QED) is 0.804. The van der Waals surface area contributed by atoms with Gasteiger partial charge in [0, 0.05) is 32.4 Å². The second kappa shape index (κ2) is 5.92. The second-order valence-electron chi connectivity index (χ2n) is 5.88. The first-order valence-electron chi connectivity index (χ1n) is 7.54. The molecular weight excluding hydrogens is 284 g/mol. The van der Waals surface area contributed by atoms with Crippen LogP contribution in [-0.2, 0) is 4.79 Å². The molecule has 7 nitrogen and oxygen atoms in total. The van der Waals surface area contributed by atoms with Gasteiger partial charge >= 0.3 is 5.97 Å². The van der Waals surface area contributed by atoms with E-state index < -0.39 is 11.9 Å². The van der Waals surface area contributed by atoms with Crippen molar-refractivity contribution in [2.45, 2.75) is 18.9 Å². The minimum Gasteiger partial charge on any atom is -0.480 e. The van der Waals surface area contributed by atoms with Gasteiger partial charge in [-0.15, -0.1) is 0 Å². The normalized spacial score (nSPS) is 20.6. The third kappa shape index (κ3) is 2.89. The number of piperazine rings is 1. The summed E-state index contributed by atoms with van der Waals surface area (Å²) in [6.07, 6.45) is 3.64. The molecule has 1 atom stereocenters. The van der Waals surface area contributed by atoms with E-state index in [1.807, 2.05) is 9.80 Å². The fourth-order valence-corrected chi connectivity index (χ4v) is 3.12. The molecule has 3 N–H and O–H groups in total. The number of carboxylic acid groups (broad SMARTS) is 1. The lowest BCUT2D eigenvalue weighted by atomic mass is 10.1. The van der Waals surface area contributed by atoms with Crippen LogP contribution in [0, 0.1) is 5.92 Å². The molecule has 7 heteroatoms. The lowest BCUT2D eigenvalue weighted by Crippen LogP contribution is -2.54. The number of aromatic nitrogens is 1. The summed E-state index contributed by atoms with van der Waals surface area (Å²) in [4.78, 5) is 31.2. The summed E-state index contributed by atoms with van der Waals surface area (Å²) >= 11 is 0. The Kier molecular flexibility index (Phi) is 3.98. The molecule has 2 fully saturated rings. The number of nitrogens with zero attached hydrogens (tertiary/aromatic N) is 3. The number of carbonyl (C=O) groups is 2. The highest BCUT2D eigenvalue weighted by atomic mass is 16.4. The number of pyridine rings is 1. The average Bonchev–Trinajstić information content (AvgIpc) is 3.32. The highest BCUT2D eigenvalue weighted by molar-refractivity contribution is 5.97. The molecule has 2 heterocycles. The van der Waals surface area contributed by atoms with Crippen LogP contribution in [0.5, 0.6) is 0 Å². The van der Waals surface area contributed by atoms with Crippen molar-refractivity contribution in [1.82, 2.24) is 9.88 Å². The molecule has 2 aliphatic rings. The summed E-state index contributed by atoms with van der Waals surface area (Å²) in [6.45, 7) is 2.60. The molecule has 3 rings (SSSR count). The summed E-state index contributed by atoms with van der Waals surface area (Å²) in [6, 6.07) is 2.98. The molecule has 0 radical (unpaired) electrons. The van der Waals surface area contributed by atoms with Gasteiger partial charge in [-0.05, 0) is 30.9 Å². The first kappa shape index (κ1) is 14.8. The Balaban J connectivity index is 1.69. The Bertz CT molecular complexity index is 580. The molecule has 1 aromatic heterocycles. The van der Waals surface area contributed by atoms with Gasteiger partial charge in [0.25, 0.3) is 5.91 Å². The first-order chi connectivity index (χ1) is 10.6. The van der Waals surface area contributed by atoms with Gasteiger partial charge in [0.05, 0.1) is 5.56 Å². The molecule has 1 amide bonds. The summed E-state index contributed by atoms with van der Waals surface area (Å²) < 4.78 is 0. The molecule has 1 aliphatic carbocycles. The number of primary amides is 1. The molecule has 0 bridgehead atoms. The standard InChI is InChI=1S/C15H20N4O3/c16-13(20)11-2-1-5-17-14(11)19-8-6-18(7-9-19)12(15(21)22)10-3-4-10/h1-2,5,10,12H,3-4,6-9H2,(H2,16,20)(H,21,22). The SMILES string of the molecule is NC(=O)c1cccnc1N1CCN(C(C(=O)O)C2CC2)CC1. The number of carboxylic acids is 1. The van der Waals surface area contributed by atoms with Gasteiger partial charge in [-0.3, -0.25) is 14.5 Å². The summed E-state index contributed by atoms with van der Waals surface area (Å²) in [5, 5.41) is 9.41. The van der Waals surface area contributed by atoms with Crippen LogP contribution >= 0.6 is 0 Å². The maximum absolute atomic E-state index is 11.5. The van der Waals surface area contributed by atoms with E-state index in [4.69, 9.17) is 5.73 Å². The summed E-state index contributed by atoms with van der Waals surface area (Å²) in [5.74, 6) is -0.341. The van der Waals surface area contributed by atoms with Crippen molar-refractivity contribution < 1.29 is 14.7 Å². The summed E-state index contributed by atoms with van der Waals surface area (Å²) in [5.41, 5.74) is 5.80. The van der Waals surface area contributed by atoms with E-state index in [-0.39, 0.29) is 6.04 Å². The molecule has 1 saturated heterocycles. The summed E-state index contributed by atoms with van der Waals surface area (Å²) in [7, 11) is 0. The van der Waals surface area contributed by atoms with E-state index in [0.717, 1.165) is 12.8 Å². The highest BCUT2D eigenvalue weighted by Crippen LogP contribution is 2.36. The Labute approximate surface area is 128 Å². The molecule has 22 heavy (non-hydrogen) atoms. The fraction of sp³-hybridized carbons (Fsp3) is 0.533. The van der Waals surface area contributed by atoms with E-state index in [1.165, 1.54) is 0 Å². The Morgan fingerprint density at radius 2 is 1.95 bits per heavy atom. The number of anilines is 1. The van der Waals surface area contributed by atoms with Crippen LogP contribution in [0.2, 0.25) is 0 Å². The molecule has 1 aromatic rings. The van der Waals surface area contributed by atoms with E-state index in [1.54, 1.807) is 18.3 Å². The lowest BCUT2D eigenvalue weighted by Gasteiger charge is -2.38. The molecule has 1 aliphatic heterocycles. The zero-order valence-corrected chi connectivity index (χ0v) is 12.3. The van der Waals surface area contributed by atoms with Crippen LogP contribution in [0.15, 0.2) is 18.3 Å². The number of hydrogen-bond donors (Lipinski definition) is 2. The number of nitrogens with two attached hydrogens (primary N) is 1. The van der Waals surface area contributed by atoms with Crippen LogP contribution in [0.4, 0.5) is 5.82 Å². The number of rotatable bonds is 5. The van der Waals surface area contributed by atoms with Crippen molar-refractivity contribution in [2.24, 2.45) is 11.7 Å². The third-order valence-electron chi connectivity index (χ3n) is 4.38. The zero-order chi connectivity index (χ0) is 15.7. The van der Waals surface area contributed by atoms with Gasteiger partial charge in [0.15, 0.2) is 0 Å². The molecule has 0 aromatic carbocycles. The monoisotopic (exact) mass is 304 g/mol. The number of aliphatic carboxylic acids is 1. The maximum atomic E-state index is 11.5. The van der Waals surface area contributed by atoms with Gasteiger partial charge in [0.1, 0.15) is 11.9 Å². The van der Waals surface area contributed by atoms with Crippen LogP contribution in [0.25, 0.3) is 0 Å². The van der Waals surface area contributed by atoms with Crippen molar-refractivity contribution in [3.05, 3.63) is 23.9 Å². The van der Waals surface area contributed by atoms with Gasteiger partial charge < -0.3 is 15.7 Å². The number of hydrogen-bond acceptors (Lipinski definition) is 5. The maximum Gasteiger partial charge on any atom is 0.321 e. The molecule has 0 spiro atoms. The number of carbonyl (C=O) groups excluding carboxylic acids is 1. The first-order valence-corrected chi connectivity index (χ1v) is 7.54. The van der Waals surface area contributed by atoms with Crippen molar-refractivity contribution in [2.75, 3.05) is 31.1 Å². The average molecular weight is 304 g/mol.